The SMILES string of the molecule is O=C1[C@@H]2[C@@H]3O[C@@H]([C@H]4C(c5ccccc5Cl)=NN(c5ccccc5)[C@@H]34)[C@@H]2C(=O)N1c1ccc(Br)cc1. The first-order valence-electron chi connectivity index (χ1n) is 11.5. The van der Waals surface area contributed by atoms with E-state index in [2.05, 4.69) is 15.9 Å². The third-order valence-electron chi connectivity index (χ3n) is 7.55. The lowest BCUT2D eigenvalue weighted by atomic mass is 9.70. The predicted octanol–water partition coefficient (Wildman–Crippen LogP) is 4.90. The molecule has 0 aliphatic carbocycles. The molecule has 3 fully saturated rings. The van der Waals surface area contributed by atoms with Gasteiger partial charge in [0.15, 0.2) is 0 Å². The number of rotatable bonds is 3. The van der Waals surface area contributed by atoms with E-state index in [1.165, 1.54) is 4.90 Å². The van der Waals surface area contributed by atoms with Crippen LogP contribution in [0.1, 0.15) is 5.56 Å². The van der Waals surface area contributed by atoms with E-state index < -0.39 is 24.0 Å². The molecule has 35 heavy (non-hydrogen) atoms. The maximum Gasteiger partial charge on any atom is 0.240 e. The largest absolute Gasteiger partial charge is 0.370 e. The fourth-order valence-corrected chi connectivity index (χ4v) is 6.67. The molecule has 2 bridgehead atoms. The first-order valence-corrected chi connectivity index (χ1v) is 12.7. The zero-order valence-corrected chi connectivity index (χ0v) is 20.6. The van der Waals surface area contributed by atoms with E-state index in [0.717, 1.165) is 21.4 Å². The number of fused-ring (bicyclic) bond motifs is 8. The summed E-state index contributed by atoms with van der Waals surface area (Å²) in [4.78, 5) is 28.6. The number of hydrazone groups is 1. The number of ether oxygens (including phenoxy) is 1. The molecule has 0 unspecified atom stereocenters. The van der Waals surface area contributed by atoms with Crippen LogP contribution in [-0.4, -0.2) is 35.8 Å². The summed E-state index contributed by atoms with van der Waals surface area (Å²) in [6, 6.07) is 24.5. The first kappa shape index (κ1) is 21.3. The average Bonchev–Trinajstić information content (AvgIpc) is 3.60. The number of carbonyl (C=O) groups excluding carboxylic acids is 2. The van der Waals surface area contributed by atoms with Gasteiger partial charge in [-0.2, -0.15) is 5.10 Å². The van der Waals surface area contributed by atoms with Crippen LogP contribution in [0.3, 0.4) is 0 Å². The van der Waals surface area contributed by atoms with Crippen molar-refractivity contribution in [2.45, 2.75) is 18.2 Å². The second-order valence-electron chi connectivity index (χ2n) is 9.27. The Morgan fingerprint density at radius 3 is 2.14 bits per heavy atom. The summed E-state index contributed by atoms with van der Waals surface area (Å²) in [6.07, 6.45) is -0.897. The summed E-state index contributed by atoms with van der Waals surface area (Å²) >= 11 is 10.0. The molecule has 0 spiro atoms. The van der Waals surface area contributed by atoms with Crippen molar-refractivity contribution in [2.75, 3.05) is 9.91 Å². The van der Waals surface area contributed by atoms with Crippen LogP contribution in [-0.2, 0) is 14.3 Å². The topological polar surface area (TPSA) is 62.2 Å². The standard InChI is InChI=1S/C27H19BrClN3O3/c28-14-10-12-15(13-11-14)31-26(33)19-20(27(31)34)25-23-21(24(19)35-25)22(17-8-4-5-9-18(17)29)30-32(23)16-6-2-1-3-7-16/h1-13,19-21,23-25H/t19-,20+,21+,23-,24-,25+/m1/s1. The Bertz CT molecular complexity index is 1400. The number of hydrogen-bond acceptors (Lipinski definition) is 5. The van der Waals surface area contributed by atoms with E-state index >= 15 is 0 Å². The highest BCUT2D eigenvalue weighted by Gasteiger charge is 2.72. The second kappa shape index (κ2) is 7.75. The maximum absolute atomic E-state index is 13.7. The van der Waals surface area contributed by atoms with Gasteiger partial charge in [0.05, 0.1) is 53.1 Å². The van der Waals surface area contributed by atoms with Crippen molar-refractivity contribution < 1.29 is 14.3 Å². The van der Waals surface area contributed by atoms with E-state index in [9.17, 15) is 9.59 Å². The summed E-state index contributed by atoms with van der Waals surface area (Å²) in [5.74, 6) is -1.66. The van der Waals surface area contributed by atoms with E-state index in [1.54, 1.807) is 12.1 Å². The van der Waals surface area contributed by atoms with Crippen molar-refractivity contribution in [3.63, 3.8) is 0 Å². The molecule has 4 aliphatic heterocycles. The summed E-state index contributed by atoms with van der Waals surface area (Å²) in [6.45, 7) is 0. The number of halogens is 2. The number of amides is 2. The molecule has 0 N–H and O–H groups in total. The molecule has 7 rings (SSSR count). The highest BCUT2D eigenvalue weighted by Crippen LogP contribution is 2.56. The summed E-state index contributed by atoms with van der Waals surface area (Å²) in [7, 11) is 0. The molecule has 4 aliphatic rings. The highest BCUT2D eigenvalue weighted by molar-refractivity contribution is 9.10. The number of carbonyl (C=O) groups is 2. The minimum atomic E-state index is -0.541. The van der Waals surface area contributed by atoms with Crippen LogP contribution in [0.2, 0.25) is 5.02 Å². The van der Waals surface area contributed by atoms with Gasteiger partial charge in [-0.05, 0) is 42.5 Å². The average molecular weight is 549 g/mol. The molecule has 0 saturated carbocycles. The number of benzene rings is 3. The molecule has 8 heteroatoms. The minimum absolute atomic E-state index is 0.178. The number of para-hydroxylation sites is 1. The van der Waals surface area contributed by atoms with Gasteiger partial charge < -0.3 is 4.74 Å². The Balaban J connectivity index is 1.33. The number of anilines is 2. The van der Waals surface area contributed by atoms with Gasteiger partial charge in [-0.3, -0.25) is 14.6 Å². The fourth-order valence-electron chi connectivity index (χ4n) is 6.17. The number of imide groups is 1. The van der Waals surface area contributed by atoms with Crippen molar-refractivity contribution in [3.05, 3.63) is 93.9 Å². The monoisotopic (exact) mass is 547 g/mol. The lowest BCUT2D eigenvalue weighted by Gasteiger charge is -2.32. The third kappa shape index (κ3) is 2.95. The number of nitrogens with zero attached hydrogens (tertiary/aromatic N) is 3. The van der Waals surface area contributed by atoms with Crippen molar-refractivity contribution in [2.24, 2.45) is 22.9 Å². The quantitative estimate of drug-likeness (QED) is 0.437. The number of hydrogen-bond donors (Lipinski definition) is 0. The van der Waals surface area contributed by atoms with Crippen LogP contribution in [0.5, 0.6) is 0 Å². The smallest absolute Gasteiger partial charge is 0.240 e. The van der Waals surface area contributed by atoms with Gasteiger partial charge in [0.2, 0.25) is 11.8 Å². The fraction of sp³-hybridized carbons (Fsp3) is 0.222. The first-order chi connectivity index (χ1) is 17.0. The van der Waals surface area contributed by atoms with Crippen LogP contribution in [0.25, 0.3) is 0 Å². The minimum Gasteiger partial charge on any atom is -0.370 e. The molecule has 3 aromatic rings. The molecule has 0 aromatic heterocycles. The Morgan fingerprint density at radius 1 is 0.771 bits per heavy atom. The van der Waals surface area contributed by atoms with Gasteiger partial charge in [0, 0.05) is 15.1 Å². The molecule has 4 heterocycles. The van der Waals surface area contributed by atoms with Crippen molar-refractivity contribution in [1.29, 1.82) is 0 Å². The molecular weight excluding hydrogens is 530 g/mol. The van der Waals surface area contributed by atoms with Crippen LogP contribution >= 0.6 is 27.5 Å². The summed E-state index contributed by atoms with van der Waals surface area (Å²) < 4.78 is 7.34. The molecule has 2 amide bonds. The lowest BCUT2D eigenvalue weighted by molar-refractivity contribution is -0.125. The van der Waals surface area contributed by atoms with Gasteiger partial charge in [0.1, 0.15) is 0 Å². The van der Waals surface area contributed by atoms with Gasteiger partial charge >= 0.3 is 0 Å². The van der Waals surface area contributed by atoms with Crippen LogP contribution < -0.4 is 9.91 Å². The lowest BCUT2D eigenvalue weighted by Crippen LogP contribution is -2.50. The molecule has 0 radical (unpaired) electrons. The van der Waals surface area contributed by atoms with Crippen LogP contribution in [0, 0.1) is 17.8 Å². The van der Waals surface area contributed by atoms with E-state index in [4.69, 9.17) is 21.4 Å². The van der Waals surface area contributed by atoms with Crippen molar-refractivity contribution in [3.8, 4) is 0 Å². The zero-order valence-electron chi connectivity index (χ0n) is 18.3. The Labute approximate surface area is 215 Å². The molecular formula is C27H19BrClN3O3. The van der Waals surface area contributed by atoms with E-state index in [-0.39, 0.29) is 23.8 Å². The normalized spacial score (nSPS) is 30.6. The van der Waals surface area contributed by atoms with Crippen molar-refractivity contribution in [1.82, 2.24) is 0 Å². The summed E-state index contributed by atoms with van der Waals surface area (Å²) in [5.41, 5.74) is 3.13. The van der Waals surface area contributed by atoms with Gasteiger partial charge in [-0.15, -0.1) is 0 Å². The van der Waals surface area contributed by atoms with Crippen molar-refractivity contribution >= 4 is 56.4 Å². The molecule has 3 aromatic carbocycles. The summed E-state index contributed by atoms with van der Waals surface area (Å²) in [5, 5.41) is 7.59. The van der Waals surface area contributed by atoms with E-state index in [0.29, 0.717) is 10.7 Å². The Hall–Kier alpha value is -3.00. The highest BCUT2D eigenvalue weighted by atomic mass is 79.9. The van der Waals surface area contributed by atoms with Gasteiger partial charge in [0.25, 0.3) is 0 Å². The maximum atomic E-state index is 13.7. The second-order valence-corrected chi connectivity index (χ2v) is 10.6. The molecule has 6 nitrogen and oxygen atoms in total. The molecule has 6 atom stereocenters. The Kier molecular flexibility index (Phi) is 4.72. The van der Waals surface area contributed by atoms with E-state index in [1.807, 2.05) is 71.7 Å². The zero-order chi connectivity index (χ0) is 23.8. The Morgan fingerprint density at radius 2 is 1.43 bits per heavy atom. The molecule has 174 valence electrons. The van der Waals surface area contributed by atoms with Crippen LogP contribution in [0.15, 0.2) is 88.4 Å². The third-order valence-corrected chi connectivity index (χ3v) is 8.41. The molecule has 3 saturated heterocycles. The predicted molar refractivity (Wildman–Crippen MR) is 136 cm³/mol. The van der Waals surface area contributed by atoms with Gasteiger partial charge in [-0.1, -0.05) is 63.9 Å². The van der Waals surface area contributed by atoms with Crippen LogP contribution in [0.4, 0.5) is 11.4 Å². The van der Waals surface area contributed by atoms with Gasteiger partial charge in [-0.25, -0.2) is 4.90 Å².